The molecule has 252 valence electrons. The summed E-state index contributed by atoms with van der Waals surface area (Å²) in [5.41, 5.74) is 1.14. The average molecular weight is 661 g/mol. The Labute approximate surface area is 275 Å². The average Bonchev–Trinajstić information content (AvgIpc) is 3.50. The van der Waals surface area contributed by atoms with Crippen LogP contribution in [0.5, 0.6) is 11.5 Å². The van der Waals surface area contributed by atoms with Crippen LogP contribution in [0.3, 0.4) is 0 Å². The van der Waals surface area contributed by atoms with Gasteiger partial charge >= 0.3 is 11.9 Å². The zero-order chi connectivity index (χ0) is 35.0. The van der Waals surface area contributed by atoms with E-state index in [1.54, 1.807) is 75.4 Å². The number of methoxy groups -OCH3 is 2. The van der Waals surface area contributed by atoms with E-state index in [-0.39, 0.29) is 23.6 Å². The maximum atomic E-state index is 13.4. The Morgan fingerprint density at radius 2 is 1.65 bits per heavy atom. The molecule has 0 saturated carbocycles. The summed E-state index contributed by atoms with van der Waals surface area (Å²) in [6.45, 7) is 4.21. The summed E-state index contributed by atoms with van der Waals surface area (Å²) in [6.07, 6.45) is -0.969. The van der Waals surface area contributed by atoms with Crippen molar-refractivity contribution in [3.8, 4) is 23.0 Å². The first kappa shape index (κ1) is 35.1. The molecule has 4 aromatic rings. The van der Waals surface area contributed by atoms with Crippen molar-refractivity contribution in [3.63, 3.8) is 0 Å². The molecule has 1 heterocycles. The predicted molar refractivity (Wildman–Crippen MR) is 171 cm³/mol. The van der Waals surface area contributed by atoms with Gasteiger partial charge in [0.1, 0.15) is 29.1 Å². The second-order valence-corrected chi connectivity index (χ2v) is 11.2. The Kier molecular flexibility index (Phi) is 11.4. The molecule has 4 rings (SSSR count). The highest BCUT2D eigenvalue weighted by atomic mass is 16.5. The number of carbonyl (C=O) groups excluding carboxylic acids is 4. The van der Waals surface area contributed by atoms with E-state index in [9.17, 15) is 29.1 Å². The van der Waals surface area contributed by atoms with Crippen molar-refractivity contribution in [2.24, 2.45) is 5.92 Å². The Bertz CT molecular complexity index is 1830. The number of aromatic nitrogens is 2. The van der Waals surface area contributed by atoms with Crippen LogP contribution in [0.4, 0.5) is 0 Å². The first-order valence-corrected chi connectivity index (χ1v) is 15.0. The number of carboxylic acids is 1. The number of ether oxygens (including phenoxy) is 3. The second-order valence-electron chi connectivity index (χ2n) is 11.2. The fourth-order valence-electron chi connectivity index (χ4n) is 5.02. The number of rotatable bonds is 15. The van der Waals surface area contributed by atoms with Crippen LogP contribution in [0.15, 0.2) is 59.1 Å². The number of nitrogens with one attached hydrogen (secondary N) is 2. The fraction of sp³-hybridized carbons (Fsp3) is 0.324. The molecule has 0 aliphatic rings. The molecule has 0 aliphatic carbocycles. The highest BCUT2D eigenvalue weighted by molar-refractivity contribution is 6.08. The molecule has 1 aromatic heterocycles. The number of esters is 1. The van der Waals surface area contributed by atoms with Crippen LogP contribution in [-0.2, 0) is 30.3 Å². The number of fused-ring (bicyclic) bond motifs is 1. The minimum absolute atomic E-state index is 0.0965. The molecule has 14 heteroatoms. The van der Waals surface area contributed by atoms with E-state index in [1.807, 2.05) is 0 Å². The van der Waals surface area contributed by atoms with Gasteiger partial charge in [-0.1, -0.05) is 49.3 Å². The summed E-state index contributed by atoms with van der Waals surface area (Å²) >= 11 is 0. The summed E-state index contributed by atoms with van der Waals surface area (Å²) in [5.74, 6) is -3.54. The van der Waals surface area contributed by atoms with Crippen LogP contribution in [-0.4, -0.2) is 77.7 Å². The van der Waals surface area contributed by atoms with Crippen LogP contribution in [0.2, 0.25) is 0 Å². The second kappa shape index (κ2) is 15.7. The van der Waals surface area contributed by atoms with Crippen molar-refractivity contribution >= 4 is 40.3 Å². The van der Waals surface area contributed by atoms with Gasteiger partial charge in [0.25, 0.3) is 5.89 Å². The normalized spacial score (nSPS) is 12.2. The fourth-order valence-corrected chi connectivity index (χ4v) is 5.02. The SMILES string of the molecule is COc1ccc(-c2nc(C)no2)cc1CC(=O)N[C@H](C(=O)N[C@@H](CC(=O)O)C(=O)COC(=O)c1c(OC)ccc2ccccc12)C(C)C. The number of aryl methyl sites for hydroxylation is 1. The number of amides is 2. The lowest BCUT2D eigenvalue weighted by atomic mass is 10.0. The summed E-state index contributed by atoms with van der Waals surface area (Å²) in [4.78, 5) is 68.6. The van der Waals surface area contributed by atoms with Gasteiger partial charge in [-0.05, 0) is 47.9 Å². The van der Waals surface area contributed by atoms with Gasteiger partial charge in [-0.25, -0.2) is 4.79 Å². The van der Waals surface area contributed by atoms with Gasteiger partial charge in [0, 0.05) is 11.1 Å². The third-order valence-corrected chi connectivity index (χ3v) is 7.42. The highest BCUT2D eigenvalue weighted by Gasteiger charge is 2.31. The van der Waals surface area contributed by atoms with Crippen molar-refractivity contribution in [1.29, 1.82) is 0 Å². The molecule has 0 bridgehead atoms. The first-order valence-electron chi connectivity index (χ1n) is 15.0. The molecule has 3 N–H and O–H groups in total. The monoisotopic (exact) mass is 660 g/mol. The number of aliphatic carboxylic acids is 1. The van der Waals surface area contributed by atoms with E-state index in [0.29, 0.717) is 28.1 Å². The van der Waals surface area contributed by atoms with Crippen molar-refractivity contribution in [2.45, 2.75) is 45.7 Å². The van der Waals surface area contributed by atoms with Crippen LogP contribution in [0.1, 0.15) is 42.0 Å². The Hall–Kier alpha value is -5.79. The first-order chi connectivity index (χ1) is 22.9. The molecule has 0 unspecified atom stereocenters. The molecule has 0 saturated heterocycles. The summed E-state index contributed by atoms with van der Waals surface area (Å²) in [6, 6.07) is 12.7. The minimum atomic E-state index is -1.55. The smallest absolute Gasteiger partial charge is 0.343 e. The zero-order valence-corrected chi connectivity index (χ0v) is 27.1. The molecular formula is C34H36N4O10. The number of hydrogen-bond acceptors (Lipinski definition) is 11. The van der Waals surface area contributed by atoms with Gasteiger partial charge in [-0.15, -0.1) is 0 Å². The predicted octanol–water partition coefficient (Wildman–Crippen LogP) is 3.28. The minimum Gasteiger partial charge on any atom is -0.496 e. The topological polar surface area (TPSA) is 196 Å². The Morgan fingerprint density at radius 1 is 0.938 bits per heavy atom. The van der Waals surface area contributed by atoms with E-state index in [4.69, 9.17) is 18.7 Å². The quantitative estimate of drug-likeness (QED) is 0.158. The molecule has 0 fully saturated rings. The maximum absolute atomic E-state index is 13.4. The number of carboxylic acid groups (broad SMARTS) is 1. The number of ketones is 1. The lowest BCUT2D eigenvalue weighted by Gasteiger charge is -2.25. The molecule has 0 spiro atoms. The van der Waals surface area contributed by atoms with E-state index in [1.165, 1.54) is 14.2 Å². The third kappa shape index (κ3) is 8.51. The molecule has 3 aromatic carbocycles. The van der Waals surface area contributed by atoms with E-state index >= 15 is 0 Å². The standard InChI is InChI=1S/C34H36N4O10/c1-18(2)31(37-28(40)15-22-14-21(11-12-26(22)45-4)33-35-19(3)38-48-33)32(43)36-24(16-29(41)42)25(39)17-47-34(44)30-23-9-7-6-8-20(23)10-13-27(30)46-5/h6-14,18,24,31H,15-17H2,1-5H3,(H,36,43)(H,37,40)(H,41,42)/t24-,31-/m0/s1. The molecule has 2 atom stereocenters. The van der Waals surface area contributed by atoms with Crippen molar-refractivity contribution in [3.05, 3.63) is 71.5 Å². The van der Waals surface area contributed by atoms with Crippen LogP contribution in [0, 0.1) is 12.8 Å². The van der Waals surface area contributed by atoms with Gasteiger partial charge in [0.05, 0.1) is 27.1 Å². The Morgan fingerprint density at radius 3 is 2.29 bits per heavy atom. The molecule has 0 aliphatic heterocycles. The summed E-state index contributed by atoms with van der Waals surface area (Å²) in [7, 11) is 2.84. The van der Waals surface area contributed by atoms with Crippen molar-refractivity contribution in [2.75, 3.05) is 20.8 Å². The molecule has 48 heavy (non-hydrogen) atoms. The molecule has 2 amide bonds. The van der Waals surface area contributed by atoms with Gasteiger partial charge in [0.2, 0.25) is 11.8 Å². The summed E-state index contributed by atoms with van der Waals surface area (Å²) < 4.78 is 21.2. The van der Waals surface area contributed by atoms with Crippen molar-refractivity contribution in [1.82, 2.24) is 20.8 Å². The van der Waals surface area contributed by atoms with E-state index in [0.717, 1.165) is 5.39 Å². The molecule has 0 radical (unpaired) electrons. The summed E-state index contributed by atoms with van der Waals surface area (Å²) in [5, 5.41) is 19.6. The number of hydrogen-bond donors (Lipinski definition) is 3. The van der Waals surface area contributed by atoms with Gasteiger partial charge < -0.3 is 34.5 Å². The number of Topliss-reactive ketones (excluding diaryl/α,β-unsaturated/α-hetero) is 1. The van der Waals surface area contributed by atoms with E-state index in [2.05, 4.69) is 20.8 Å². The van der Waals surface area contributed by atoms with Gasteiger partial charge in [0.15, 0.2) is 18.2 Å². The highest BCUT2D eigenvalue weighted by Crippen LogP contribution is 2.29. The number of carbonyl (C=O) groups is 5. The zero-order valence-electron chi connectivity index (χ0n) is 27.1. The largest absolute Gasteiger partial charge is 0.496 e. The van der Waals surface area contributed by atoms with Crippen LogP contribution >= 0.6 is 0 Å². The van der Waals surface area contributed by atoms with Gasteiger partial charge in [-0.2, -0.15) is 4.98 Å². The molecular weight excluding hydrogens is 624 g/mol. The lowest BCUT2D eigenvalue weighted by molar-refractivity contribution is -0.141. The number of benzene rings is 3. The number of nitrogens with zero attached hydrogens (tertiary/aromatic N) is 2. The van der Waals surface area contributed by atoms with Crippen molar-refractivity contribution < 1.29 is 47.8 Å². The van der Waals surface area contributed by atoms with Crippen LogP contribution in [0.25, 0.3) is 22.2 Å². The van der Waals surface area contributed by atoms with Gasteiger partial charge in [-0.3, -0.25) is 19.2 Å². The molecule has 14 nitrogen and oxygen atoms in total. The lowest BCUT2D eigenvalue weighted by Crippen LogP contribution is -2.54. The van der Waals surface area contributed by atoms with E-state index < -0.39 is 60.6 Å². The Balaban J connectivity index is 1.45. The maximum Gasteiger partial charge on any atom is 0.343 e. The third-order valence-electron chi connectivity index (χ3n) is 7.42. The van der Waals surface area contributed by atoms with Crippen LogP contribution < -0.4 is 20.1 Å².